The zero-order valence-electron chi connectivity index (χ0n) is 82.5. The predicted molar refractivity (Wildman–Crippen MR) is 548 cm³/mol. The molecule has 125 heavy (non-hydrogen) atoms. The second kappa shape index (κ2) is 37.8. The summed E-state index contributed by atoms with van der Waals surface area (Å²) in [4.78, 5) is 10.8. The second-order valence-corrected chi connectivity index (χ2v) is 42.0. The third-order valence-electron chi connectivity index (χ3n) is 27.1. The van der Waals surface area contributed by atoms with E-state index in [1.54, 1.807) is 0 Å². The molecule has 0 spiro atoms. The first kappa shape index (κ1) is 92.5. The quantitative estimate of drug-likeness (QED) is 0.0445. The van der Waals surface area contributed by atoms with E-state index in [0.717, 1.165) is 68.2 Å². The summed E-state index contributed by atoms with van der Waals surface area (Å²) < 4.78 is 0. The monoisotopic (exact) mass is 1660 g/mol. The lowest BCUT2D eigenvalue weighted by Gasteiger charge is -2.39. The molecule has 1 aliphatic rings. The summed E-state index contributed by atoms with van der Waals surface area (Å²) >= 11 is 0. The Hall–Kier alpha value is -10.2. The van der Waals surface area contributed by atoms with E-state index in [9.17, 15) is 0 Å². The summed E-state index contributed by atoms with van der Waals surface area (Å²) in [5.41, 5.74) is 40.9. The van der Waals surface area contributed by atoms with Crippen LogP contribution in [0, 0.1) is 0 Å². The fourth-order valence-electron chi connectivity index (χ4n) is 18.6. The van der Waals surface area contributed by atoms with Crippen molar-refractivity contribution in [3.8, 4) is 11.1 Å². The molecule has 0 amide bonds. The maximum absolute atomic E-state index is 2.70. The third kappa shape index (κ3) is 19.3. The highest BCUT2D eigenvalue weighted by Gasteiger charge is 2.48. The highest BCUT2D eigenvalue weighted by atomic mass is 15.2. The molecule has 0 radical (unpaired) electrons. The average molecular weight is 1660 g/mol. The molecule has 4 heteroatoms. The number of hydrogen-bond acceptors (Lipinski definition) is 4. The van der Waals surface area contributed by atoms with Gasteiger partial charge in [-0.15, -0.1) is 0 Å². The molecule has 12 aromatic rings. The zero-order chi connectivity index (χ0) is 90.5. The Bertz CT molecular complexity index is 4720. The third-order valence-corrected chi connectivity index (χ3v) is 27.1. The Morgan fingerprint density at radius 3 is 0.392 bits per heavy atom. The van der Waals surface area contributed by atoms with E-state index in [1.807, 2.05) is 0 Å². The summed E-state index contributed by atoms with van der Waals surface area (Å²) in [6.07, 6.45) is 0. The molecule has 0 unspecified atom stereocenters. The van der Waals surface area contributed by atoms with Gasteiger partial charge in [0.1, 0.15) is 0 Å². The second-order valence-electron chi connectivity index (χ2n) is 42.0. The van der Waals surface area contributed by atoms with Crippen molar-refractivity contribution in [2.24, 2.45) is 0 Å². The van der Waals surface area contributed by atoms with Crippen LogP contribution in [-0.4, -0.2) is 0 Å². The molecule has 0 atom stereocenters. The number of nitrogens with zero attached hydrogens (tertiary/aromatic N) is 4. The summed E-state index contributed by atoms with van der Waals surface area (Å²) in [5, 5.41) is 0. The minimum atomic E-state index is -1.06. The molecule has 12 aromatic carbocycles. The molecular weight excluding hydrogens is 1510 g/mol. The van der Waals surface area contributed by atoms with Crippen molar-refractivity contribution < 1.29 is 0 Å². The summed E-state index contributed by atoms with van der Waals surface area (Å²) in [7, 11) is 0. The molecule has 1 aliphatic carbocycles. The molecule has 0 N–H and O–H groups in total. The van der Waals surface area contributed by atoms with Gasteiger partial charge < -0.3 is 19.6 Å². The van der Waals surface area contributed by atoms with Gasteiger partial charge in [-0.05, 0) is 351 Å². The highest BCUT2D eigenvalue weighted by molar-refractivity contribution is 5.94. The number of hydrogen-bond donors (Lipinski definition) is 0. The van der Waals surface area contributed by atoms with E-state index >= 15 is 0 Å². The van der Waals surface area contributed by atoms with Gasteiger partial charge in [-0.25, -0.2) is 0 Å². The molecule has 0 bridgehead atoms. The molecule has 0 saturated carbocycles. The lowest BCUT2D eigenvalue weighted by Crippen LogP contribution is -2.30. The van der Waals surface area contributed by atoms with Gasteiger partial charge in [0, 0.05) is 68.2 Å². The largest absolute Gasteiger partial charge is 0.310 e. The van der Waals surface area contributed by atoms with Gasteiger partial charge in [0.25, 0.3) is 0 Å². The number of benzene rings is 12. The van der Waals surface area contributed by atoms with Gasteiger partial charge in [-0.1, -0.05) is 319 Å². The smallest absolute Gasteiger partial charge is 0.0716 e. The predicted octanol–water partition coefficient (Wildman–Crippen LogP) is 37.9. The molecule has 0 aromatic heterocycles. The van der Waals surface area contributed by atoms with Gasteiger partial charge in [0.15, 0.2) is 0 Å². The van der Waals surface area contributed by atoms with Crippen LogP contribution in [0.3, 0.4) is 0 Å². The standard InChI is InChI=1S/C121H150N4/c1-71(2)87-41-88(72(3)4)50-105(49-87)122(106-51-89(73(5)6)42-90(52-106)74(7)8)113-65-103(66-114(69-113)123(107-53-91(75(9)10)43-92(54-107)76(11)12)108-55-93(77(13)14)44-94(56-108)78(15)16)121(119-39-35-33-37-117(119)118-38-34-36-40-120(118)121)104-67-115(124(109-57-95(79(17)18)45-96(58-109)80(19)20)110-59-97(81(21)22)46-98(60-110)82(23)24)70-116(68-104)125(111-61-99(83(25)26)47-100(62-111)84(27)28)112-63-101(85(29)30)48-102(64-112)86(31)32/h33-86H,1-32H3. The van der Waals surface area contributed by atoms with Crippen LogP contribution in [0.5, 0.6) is 0 Å². The Morgan fingerprint density at radius 2 is 0.264 bits per heavy atom. The van der Waals surface area contributed by atoms with E-state index in [1.165, 1.54) is 122 Å². The van der Waals surface area contributed by atoms with E-state index in [4.69, 9.17) is 0 Å². The average Bonchev–Trinajstić information content (AvgIpc) is 1.54. The van der Waals surface area contributed by atoms with Crippen molar-refractivity contribution in [1.82, 2.24) is 0 Å². The van der Waals surface area contributed by atoms with Crippen LogP contribution in [0.15, 0.2) is 231 Å². The van der Waals surface area contributed by atoms with Crippen LogP contribution < -0.4 is 19.6 Å². The molecule has 4 nitrogen and oxygen atoms in total. The molecule has 0 heterocycles. The Balaban J connectivity index is 1.35. The van der Waals surface area contributed by atoms with Gasteiger partial charge in [-0.2, -0.15) is 0 Å². The molecule has 13 rings (SSSR count). The van der Waals surface area contributed by atoms with Gasteiger partial charge >= 0.3 is 0 Å². The van der Waals surface area contributed by atoms with Crippen LogP contribution in [0.2, 0.25) is 0 Å². The molecule has 654 valence electrons. The lowest BCUT2D eigenvalue weighted by atomic mass is 9.67. The van der Waals surface area contributed by atoms with Crippen molar-refractivity contribution in [3.05, 3.63) is 342 Å². The Labute approximate surface area is 757 Å². The maximum Gasteiger partial charge on any atom is 0.0716 e. The van der Waals surface area contributed by atoms with Crippen LogP contribution in [0.1, 0.15) is 428 Å². The van der Waals surface area contributed by atoms with E-state index in [0.29, 0.717) is 0 Å². The lowest BCUT2D eigenvalue weighted by molar-refractivity contribution is 0.768. The summed E-state index contributed by atoms with van der Waals surface area (Å²) in [6, 6.07) is 95.4. The first-order valence-electron chi connectivity index (χ1n) is 48.0. The van der Waals surface area contributed by atoms with Gasteiger partial charge in [0.05, 0.1) is 5.41 Å². The summed E-state index contributed by atoms with van der Waals surface area (Å²) in [6.45, 7) is 76.0. The number of anilines is 12. The fourth-order valence-corrected chi connectivity index (χ4v) is 18.6. The zero-order valence-corrected chi connectivity index (χ0v) is 82.5. The Kier molecular flexibility index (Phi) is 28.0. The van der Waals surface area contributed by atoms with Crippen molar-refractivity contribution in [2.45, 2.75) is 322 Å². The van der Waals surface area contributed by atoms with Crippen molar-refractivity contribution in [2.75, 3.05) is 19.6 Å². The van der Waals surface area contributed by atoms with Crippen LogP contribution in [0.4, 0.5) is 68.2 Å². The first-order chi connectivity index (χ1) is 59.1. The number of rotatable bonds is 30. The Morgan fingerprint density at radius 1 is 0.144 bits per heavy atom. The fraction of sp³-hybridized carbons (Fsp3) is 0.405. The van der Waals surface area contributed by atoms with Crippen molar-refractivity contribution in [3.63, 3.8) is 0 Å². The van der Waals surface area contributed by atoms with E-state index < -0.39 is 5.41 Å². The summed E-state index contributed by atoms with van der Waals surface area (Å²) in [5.74, 6) is 4.09. The topological polar surface area (TPSA) is 13.0 Å². The molecule has 0 aliphatic heterocycles. The van der Waals surface area contributed by atoms with Crippen molar-refractivity contribution in [1.29, 1.82) is 0 Å². The van der Waals surface area contributed by atoms with Crippen LogP contribution in [-0.2, 0) is 5.41 Å². The number of fused-ring (bicyclic) bond motifs is 3. The highest BCUT2D eigenvalue weighted by Crippen LogP contribution is 2.61. The normalized spacial score (nSPS) is 12.9. The maximum atomic E-state index is 2.70. The van der Waals surface area contributed by atoms with Gasteiger partial charge in [0.2, 0.25) is 0 Å². The van der Waals surface area contributed by atoms with Crippen molar-refractivity contribution >= 4 is 68.2 Å². The molecular formula is C121H150N4. The van der Waals surface area contributed by atoms with E-state index in [2.05, 4.69) is 472 Å². The first-order valence-corrected chi connectivity index (χ1v) is 48.0. The minimum absolute atomic E-state index is 0.256. The SMILES string of the molecule is CC(C)c1cc(C(C)C)cc(N(c2cc(C(C)C)cc(C(C)C)c2)c2cc(N(c3cc(C(C)C)cc(C(C)C)c3)c3cc(C(C)C)cc(C(C)C)c3)cc(C3(c4cc(N(c5cc(C(C)C)cc(C(C)C)c5)c5cc(C(C)C)cc(C(C)C)c5)cc(N(c5cc(C(C)C)cc(C(C)C)c5)c5cc(C(C)C)cc(C(C)C)c5)c4)c4ccccc4-c4ccccc43)c2)c1. The van der Waals surface area contributed by atoms with E-state index in [-0.39, 0.29) is 94.7 Å². The minimum Gasteiger partial charge on any atom is -0.310 e. The van der Waals surface area contributed by atoms with Gasteiger partial charge in [-0.3, -0.25) is 0 Å². The van der Waals surface area contributed by atoms with Crippen LogP contribution >= 0.6 is 0 Å². The van der Waals surface area contributed by atoms with Crippen LogP contribution in [0.25, 0.3) is 11.1 Å². The molecule has 0 saturated heterocycles. The molecule has 0 fully saturated rings.